The largest absolute Gasteiger partial charge is 0.389 e. The van der Waals surface area contributed by atoms with Gasteiger partial charge < -0.3 is 10.5 Å². The first-order valence-electron chi connectivity index (χ1n) is 4.54. The van der Waals surface area contributed by atoms with Crippen LogP contribution in [0.15, 0.2) is 17.5 Å². The van der Waals surface area contributed by atoms with Crippen LogP contribution in [-0.2, 0) is 11.3 Å². The van der Waals surface area contributed by atoms with Crippen molar-refractivity contribution in [3.8, 4) is 9.88 Å². The Bertz CT molecular complexity index is 490. The molecule has 0 radical (unpaired) electrons. The lowest BCUT2D eigenvalue weighted by Crippen LogP contribution is -2.10. The number of aromatic nitrogens is 1. The van der Waals surface area contributed by atoms with Gasteiger partial charge in [0, 0.05) is 7.11 Å². The zero-order valence-electron chi connectivity index (χ0n) is 8.60. The Morgan fingerprint density at radius 1 is 1.62 bits per heavy atom. The molecule has 2 N–H and O–H groups in total. The van der Waals surface area contributed by atoms with Crippen LogP contribution in [0.4, 0.5) is 0 Å². The van der Waals surface area contributed by atoms with Gasteiger partial charge in [0.15, 0.2) is 0 Å². The SMILES string of the molecule is COCc1nc(-c2cccs2)sc1C(N)=S. The number of rotatable bonds is 4. The highest BCUT2D eigenvalue weighted by atomic mass is 32.1. The molecule has 2 heterocycles. The number of nitrogens with two attached hydrogens (primary N) is 1. The lowest BCUT2D eigenvalue weighted by molar-refractivity contribution is 0.182. The molecule has 2 rings (SSSR count). The predicted molar refractivity (Wildman–Crippen MR) is 72.0 cm³/mol. The van der Waals surface area contributed by atoms with Crippen molar-refractivity contribution in [2.75, 3.05) is 7.11 Å². The normalized spacial score (nSPS) is 10.6. The zero-order valence-corrected chi connectivity index (χ0v) is 11.0. The molecule has 2 aromatic rings. The maximum atomic E-state index is 5.66. The van der Waals surface area contributed by atoms with Gasteiger partial charge in [-0.2, -0.15) is 0 Å². The third-order valence-electron chi connectivity index (χ3n) is 1.93. The second-order valence-corrected chi connectivity index (χ2v) is 5.46. The minimum absolute atomic E-state index is 0.382. The zero-order chi connectivity index (χ0) is 11.5. The van der Waals surface area contributed by atoms with E-state index >= 15 is 0 Å². The number of methoxy groups -OCH3 is 1. The van der Waals surface area contributed by atoms with Gasteiger partial charge in [0.1, 0.15) is 10.00 Å². The van der Waals surface area contributed by atoms with Gasteiger partial charge in [-0.25, -0.2) is 4.98 Å². The molecule has 6 heteroatoms. The molecule has 0 saturated carbocycles. The summed E-state index contributed by atoms with van der Waals surface area (Å²) in [4.78, 5) is 6.86. The van der Waals surface area contributed by atoms with Gasteiger partial charge >= 0.3 is 0 Å². The summed E-state index contributed by atoms with van der Waals surface area (Å²) in [6.45, 7) is 0.439. The van der Waals surface area contributed by atoms with E-state index in [0.717, 1.165) is 20.5 Å². The van der Waals surface area contributed by atoms with Crippen LogP contribution in [0.2, 0.25) is 0 Å². The predicted octanol–water partition coefficient (Wildman–Crippen LogP) is 2.65. The van der Waals surface area contributed by atoms with Crippen LogP contribution in [-0.4, -0.2) is 17.1 Å². The maximum Gasteiger partial charge on any atom is 0.134 e. The van der Waals surface area contributed by atoms with Crippen LogP contribution in [0.25, 0.3) is 9.88 Å². The number of ether oxygens (including phenoxy) is 1. The Kier molecular flexibility index (Phi) is 3.65. The molecule has 0 aliphatic heterocycles. The van der Waals surface area contributed by atoms with Crippen molar-refractivity contribution in [2.45, 2.75) is 6.61 Å². The molecule has 0 atom stereocenters. The fraction of sp³-hybridized carbons (Fsp3) is 0.200. The molecule has 0 aliphatic rings. The summed E-state index contributed by atoms with van der Waals surface area (Å²) in [6.07, 6.45) is 0. The summed E-state index contributed by atoms with van der Waals surface area (Å²) in [5.74, 6) is 0. The quantitative estimate of drug-likeness (QED) is 0.868. The molecule has 0 fully saturated rings. The highest BCUT2D eigenvalue weighted by Gasteiger charge is 2.14. The van der Waals surface area contributed by atoms with Crippen LogP contribution in [0.1, 0.15) is 10.6 Å². The summed E-state index contributed by atoms with van der Waals surface area (Å²) >= 11 is 8.17. The average molecular weight is 270 g/mol. The van der Waals surface area contributed by atoms with Gasteiger partial charge in [0.05, 0.1) is 22.1 Å². The first-order chi connectivity index (χ1) is 7.72. The second kappa shape index (κ2) is 5.01. The molecule has 0 amide bonds. The fourth-order valence-corrected chi connectivity index (χ4v) is 3.24. The molecule has 0 bridgehead atoms. The summed E-state index contributed by atoms with van der Waals surface area (Å²) in [5.41, 5.74) is 6.48. The minimum Gasteiger partial charge on any atom is -0.389 e. The Morgan fingerprint density at radius 3 is 3.00 bits per heavy atom. The van der Waals surface area contributed by atoms with E-state index in [2.05, 4.69) is 4.98 Å². The topological polar surface area (TPSA) is 48.1 Å². The molecule has 84 valence electrons. The number of thiophene rings is 1. The highest BCUT2D eigenvalue weighted by molar-refractivity contribution is 7.81. The minimum atomic E-state index is 0.382. The van der Waals surface area contributed by atoms with E-state index in [1.54, 1.807) is 18.4 Å². The van der Waals surface area contributed by atoms with Gasteiger partial charge in [-0.3, -0.25) is 0 Å². The molecule has 0 saturated heterocycles. The summed E-state index contributed by atoms with van der Waals surface area (Å²) < 4.78 is 5.08. The van der Waals surface area contributed by atoms with Crippen molar-refractivity contribution in [1.82, 2.24) is 4.98 Å². The lowest BCUT2D eigenvalue weighted by atomic mass is 10.4. The van der Waals surface area contributed by atoms with Gasteiger partial charge in [0.2, 0.25) is 0 Å². The standard InChI is InChI=1S/C10H10N2OS3/c1-13-5-6-8(9(11)14)16-10(12-6)7-3-2-4-15-7/h2-4H,5H2,1H3,(H2,11,14). The third kappa shape index (κ3) is 2.30. The summed E-state index contributed by atoms with van der Waals surface area (Å²) in [5, 5.41) is 2.97. The van der Waals surface area contributed by atoms with E-state index in [1.165, 1.54) is 11.3 Å². The van der Waals surface area contributed by atoms with E-state index in [-0.39, 0.29) is 0 Å². The molecule has 16 heavy (non-hydrogen) atoms. The van der Waals surface area contributed by atoms with E-state index in [9.17, 15) is 0 Å². The first-order valence-corrected chi connectivity index (χ1v) is 6.65. The van der Waals surface area contributed by atoms with Crippen molar-refractivity contribution in [2.24, 2.45) is 5.73 Å². The number of hydrogen-bond acceptors (Lipinski definition) is 5. The Balaban J connectivity index is 2.42. The van der Waals surface area contributed by atoms with Crippen LogP contribution in [0.5, 0.6) is 0 Å². The molecular weight excluding hydrogens is 260 g/mol. The van der Waals surface area contributed by atoms with E-state index in [0.29, 0.717) is 11.6 Å². The van der Waals surface area contributed by atoms with Gasteiger partial charge in [0.25, 0.3) is 0 Å². The molecule has 0 unspecified atom stereocenters. The number of thiazole rings is 1. The molecule has 3 nitrogen and oxygen atoms in total. The van der Waals surface area contributed by atoms with Crippen LogP contribution < -0.4 is 5.73 Å². The van der Waals surface area contributed by atoms with Crippen molar-refractivity contribution in [3.63, 3.8) is 0 Å². The summed E-state index contributed by atoms with van der Waals surface area (Å²) in [7, 11) is 1.63. The molecule has 2 aromatic heterocycles. The van der Waals surface area contributed by atoms with Crippen LogP contribution in [0, 0.1) is 0 Å². The van der Waals surface area contributed by atoms with Crippen molar-refractivity contribution in [3.05, 3.63) is 28.1 Å². The smallest absolute Gasteiger partial charge is 0.134 e. The average Bonchev–Trinajstić information content (AvgIpc) is 2.83. The number of thiocarbonyl (C=S) groups is 1. The van der Waals surface area contributed by atoms with Crippen LogP contribution in [0.3, 0.4) is 0 Å². The van der Waals surface area contributed by atoms with Crippen molar-refractivity contribution >= 4 is 39.9 Å². The maximum absolute atomic E-state index is 5.66. The number of hydrogen-bond donors (Lipinski definition) is 1. The Hall–Kier alpha value is -0.820. The Morgan fingerprint density at radius 2 is 2.44 bits per heavy atom. The van der Waals surface area contributed by atoms with Crippen molar-refractivity contribution < 1.29 is 4.74 Å². The third-order valence-corrected chi connectivity index (χ3v) is 4.44. The molecule has 0 spiro atoms. The van der Waals surface area contributed by atoms with Gasteiger partial charge in [-0.15, -0.1) is 22.7 Å². The molecule has 0 aliphatic carbocycles. The lowest BCUT2D eigenvalue weighted by Gasteiger charge is -1.96. The number of nitrogens with zero attached hydrogens (tertiary/aromatic N) is 1. The second-order valence-electron chi connectivity index (χ2n) is 3.07. The molecular formula is C10H10N2OS3. The highest BCUT2D eigenvalue weighted by Crippen LogP contribution is 2.31. The fourth-order valence-electron chi connectivity index (χ4n) is 1.28. The monoisotopic (exact) mass is 270 g/mol. The van der Waals surface area contributed by atoms with Crippen LogP contribution >= 0.6 is 34.9 Å². The van der Waals surface area contributed by atoms with Gasteiger partial charge in [-0.1, -0.05) is 18.3 Å². The van der Waals surface area contributed by atoms with E-state index in [1.807, 2.05) is 17.5 Å². The first kappa shape index (κ1) is 11.7. The van der Waals surface area contributed by atoms with E-state index in [4.69, 9.17) is 22.7 Å². The summed E-state index contributed by atoms with van der Waals surface area (Å²) in [6, 6.07) is 4.03. The van der Waals surface area contributed by atoms with Gasteiger partial charge in [-0.05, 0) is 11.4 Å². The van der Waals surface area contributed by atoms with E-state index < -0.39 is 0 Å². The molecule has 0 aromatic carbocycles. The Labute approximate surface area is 107 Å². The van der Waals surface area contributed by atoms with Crippen molar-refractivity contribution in [1.29, 1.82) is 0 Å².